The molecular weight excluding hydrogens is 358 g/mol. The normalized spacial score (nSPS) is 20.9. The van der Waals surface area contributed by atoms with Crippen LogP contribution in [-0.2, 0) is 12.8 Å². The van der Waals surface area contributed by atoms with Crippen LogP contribution in [0, 0.1) is 0 Å². The van der Waals surface area contributed by atoms with Gasteiger partial charge in [0.15, 0.2) is 0 Å². The SMILES string of the molecule is O=C(NC1CCCCC1)N1CCN(c2ncnc3sc4c(c23)CCC4)CC1. The standard InChI is InChI=1S/C20H27N5OS/c26-20(23-14-5-2-1-3-6-14)25-11-9-24(10-12-25)18-17-15-7-4-8-16(15)27-19(17)22-13-21-18/h13-14H,1-12H2,(H,23,26). The van der Waals surface area contributed by atoms with Crippen LogP contribution in [0.15, 0.2) is 6.33 Å². The zero-order valence-corrected chi connectivity index (χ0v) is 16.6. The number of amides is 2. The molecule has 3 aliphatic rings. The van der Waals surface area contributed by atoms with Crippen molar-refractivity contribution >= 4 is 33.4 Å². The predicted octanol–water partition coefficient (Wildman–Crippen LogP) is 3.34. The molecule has 1 saturated heterocycles. The van der Waals surface area contributed by atoms with E-state index in [4.69, 9.17) is 0 Å². The number of hydrogen-bond acceptors (Lipinski definition) is 5. The first-order chi connectivity index (χ1) is 13.3. The minimum absolute atomic E-state index is 0.116. The molecule has 0 spiro atoms. The van der Waals surface area contributed by atoms with E-state index in [1.54, 1.807) is 6.33 Å². The Balaban J connectivity index is 1.27. The maximum absolute atomic E-state index is 12.6. The Labute approximate surface area is 164 Å². The maximum atomic E-state index is 12.6. The van der Waals surface area contributed by atoms with Gasteiger partial charge in [-0.3, -0.25) is 0 Å². The minimum Gasteiger partial charge on any atom is -0.352 e. The molecule has 0 atom stereocenters. The number of aromatic nitrogens is 2. The van der Waals surface area contributed by atoms with Gasteiger partial charge >= 0.3 is 6.03 Å². The number of nitrogens with zero attached hydrogens (tertiary/aromatic N) is 4. The Morgan fingerprint density at radius 2 is 1.85 bits per heavy atom. The van der Waals surface area contributed by atoms with Crippen molar-refractivity contribution in [3.63, 3.8) is 0 Å². The highest BCUT2D eigenvalue weighted by molar-refractivity contribution is 7.19. The van der Waals surface area contributed by atoms with E-state index in [2.05, 4.69) is 20.2 Å². The average molecular weight is 386 g/mol. The van der Waals surface area contributed by atoms with Gasteiger partial charge in [-0.15, -0.1) is 11.3 Å². The molecule has 0 unspecified atom stereocenters. The number of thiophene rings is 1. The maximum Gasteiger partial charge on any atom is 0.317 e. The van der Waals surface area contributed by atoms with E-state index in [-0.39, 0.29) is 6.03 Å². The lowest BCUT2D eigenvalue weighted by atomic mass is 9.96. The fourth-order valence-corrected chi connectivity index (χ4v) is 6.01. The Kier molecular flexibility index (Phi) is 4.63. The number of hydrogen-bond donors (Lipinski definition) is 1. The summed E-state index contributed by atoms with van der Waals surface area (Å²) in [4.78, 5) is 28.7. The molecule has 2 aliphatic carbocycles. The molecule has 2 fully saturated rings. The number of urea groups is 1. The highest BCUT2D eigenvalue weighted by Crippen LogP contribution is 2.40. The fraction of sp³-hybridized carbons (Fsp3) is 0.650. The van der Waals surface area contributed by atoms with E-state index in [0.717, 1.165) is 56.1 Å². The van der Waals surface area contributed by atoms with Gasteiger partial charge in [-0.1, -0.05) is 19.3 Å². The van der Waals surface area contributed by atoms with Crippen molar-refractivity contribution in [1.29, 1.82) is 0 Å². The van der Waals surface area contributed by atoms with Crippen LogP contribution < -0.4 is 10.2 Å². The lowest BCUT2D eigenvalue weighted by Gasteiger charge is -2.36. The minimum atomic E-state index is 0.116. The van der Waals surface area contributed by atoms with Crippen LogP contribution in [0.3, 0.4) is 0 Å². The Morgan fingerprint density at radius 3 is 2.67 bits per heavy atom. The van der Waals surface area contributed by atoms with Gasteiger partial charge in [0, 0.05) is 37.1 Å². The van der Waals surface area contributed by atoms with E-state index in [1.165, 1.54) is 47.9 Å². The van der Waals surface area contributed by atoms with Crippen molar-refractivity contribution in [3.8, 4) is 0 Å². The van der Waals surface area contributed by atoms with Gasteiger partial charge < -0.3 is 15.1 Å². The van der Waals surface area contributed by atoms with Gasteiger partial charge in [0.05, 0.1) is 5.39 Å². The fourth-order valence-electron chi connectivity index (χ4n) is 4.79. The van der Waals surface area contributed by atoms with Crippen molar-refractivity contribution in [1.82, 2.24) is 20.2 Å². The van der Waals surface area contributed by atoms with E-state index in [1.807, 2.05) is 16.2 Å². The average Bonchev–Trinajstić information content (AvgIpc) is 3.30. The summed E-state index contributed by atoms with van der Waals surface area (Å²) in [6.07, 6.45) is 11.4. The third-order valence-corrected chi connectivity index (χ3v) is 7.48. The van der Waals surface area contributed by atoms with Gasteiger partial charge in [-0.25, -0.2) is 14.8 Å². The van der Waals surface area contributed by atoms with E-state index < -0.39 is 0 Å². The molecule has 0 bridgehead atoms. The molecule has 144 valence electrons. The van der Waals surface area contributed by atoms with E-state index in [0.29, 0.717) is 6.04 Å². The number of piperazine rings is 1. The molecule has 0 aromatic carbocycles. The van der Waals surface area contributed by atoms with Crippen molar-refractivity contribution in [2.24, 2.45) is 0 Å². The molecule has 7 heteroatoms. The first kappa shape index (κ1) is 17.2. The highest BCUT2D eigenvalue weighted by atomic mass is 32.1. The third kappa shape index (κ3) is 3.26. The Bertz CT molecular complexity index is 836. The summed E-state index contributed by atoms with van der Waals surface area (Å²) in [5.74, 6) is 1.08. The van der Waals surface area contributed by atoms with Crippen LogP contribution >= 0.6 is 11.3 Å². The number of anilines is 1. The number of carbonyl (C=O) groups is 1. The second-order valence-corrected chi connectivity index (χ2v) is 9.08. The molecule has 1 N–H and O–H groups in total. The van der Waals surface area contributed by atoms with Gasteiger partial charge in [0.1, 0.15) is 17.0 Å². The monoisotopic (exact) mass is 385 g/mol. The Hall–Kier alpha value is -1.89. The van der Waals surface area contributed by atoms with Gasteiger partial charge in [0.2, 0.25) is 0 Å². The van der Waals surface area contributed by atoms with E-state index >= 15 is 0 Å². The Morgan fingerprint density at radius 1 is 1.04 bits per heavy atom. The van der Waals surface area contributed by atoms with Crippen LogP contribution in [0.25, 0.3) is 10.2 Å². The summed E-state index contributed by atoms with van der Waals surface area (Å²) in [5, 5.41) is 4.52. The second-order valence-electron chi connectivity index (χ2n) is 7.99. The number of rotatable bonds is 2. The first-order valence-electron chi connectivity index (χ1n) is 10.4. The van der Waals surface area contributed by atoms with Gasteiger partial charge in [0.25, 0.3) is 0 Å². The summed E-state index contributed by atoms with van der Waals surface area (Å²) in [6, 6.07) is 0.491. The third-order valence-electron chi connectivity index (χ3n) is 6.28. The number of nitrogens with one attached hydrogen (secondary N) is 1. The van der Waals surface area contributed by atoms with Crippen molar-refractivity contribution in [3.05, 3.63) is 16.8 Å². The van der Waals surface area contributed by atoms with Crippen molar-refractivity contribution in [2.45, 2.75) is 57.4 Å². The first-order valence-corrected chi connectivity index (χ1v) is 11.2. The molecule has 0 radical (unpaired) electrons. The largest absolute Gasteiger partial charge is 0.352 e. The molecule has 5 rings (SSSR count). The topological polar surface area (TPSA) is 61.4 Å². The lowest BCUT2D eigenvalue weighted by Crippen LogP contribution is -2.53. The predicted molar refractivity (Wildman–Crippen MR) is 109 cm³/mol. The lowest BCUT2D eigenvalue weighted by molar-refractivity contribution is 0.186. The van der Waals surface area contributed by atoms with Crippen LogP contribution in [0.1, 0.15) is 49.0 Å². The second kappa shape index (κ2) is 7.26. The highest BCUT2D eigenvalue weighted by Gasteiger charge is 2.28. The summed E-state index contributed by atoms with van der Waals surface area (Å²) >= 11 is 1.84. The van der Waals surface area contributed by atoms with Crippen LogP contribution in [0.4, 0.5) is 10.6 Å². The molecule has 2 aromatic rings. The molecule has 2 amide bonds. The molecular formula is C20H27N5OS. The quantitative estimate of drug-likeness (QED) is 0.861. The molecule has 1 saturated carbocycles. The number of aryl methyl sites for hydroxylation is 2. The molecule has 2 aromatic heterocycles. The summed E-state index contributed by atoms with van der Waals surface area (Å²) in [6.45, 7) is 3.20. The summed E-state index contributed by atoms with van der Waals surface area (Å²) in [7, 11) is 0. The summed E-state index contributed by atoms with van der Waals surface area (Å²) < 4.78 is 0. The zero-order chi connectivity index (χ0) is 18.2. The van der Waals surface area contributed by atoms with Crippen LogP contribution in [0.2, 0.25) is 0 Å². The zero-order valence-electron chi connectivity index (χ0n) is 15.7. The van der Waals surface area contributed by atoms with Crippen molar-refractivity contribution < 1.29 is 4.79 Å². The molecule has 1 aliphatic heterocycles. The van der Waals surface area contributed by atoms with E-state index in [9.17, 15) is 4.79 Å². The molecule has 3 heterocycles. The van der Waals surface area contributed by atoms with Gasteiger partial charge in [-0.2, -0.15) is 0 Å². The molecule has 6 nitrogen and oxygen atoms in total. The van der Waals surface area contributed by atoms with Crippen LogP contribution in [0.5, 0.6) is 0 Å². The number of carbonyl (C=O) groups excluding carboxylic acids is 1. The number of fused-ring (bicyclic) bond motifs is 3. The molecule has 27 heavy (non-hydrogen) atoms. The summed E-state index contributed by atoms with van der Waals surface area (Å²) in [5.41, 5.74) is 1.48. The van der Waals surface area contributed by atoms with Crippen molar-refractivity contribution in [2.75, 3.05) is 31.1 Å². The van der Waals surface area contributed by atoms with Gasteiger partial charge in [-0.05, 0) is 37.7 Å². The smallest absolute Gasteiger partial charge is 0.317 e. The van der Waals surface area contributed by atoms with Crippen LogP contribution in [-0.4, -0.2) is 53.1 Å².